The number of fused-ring (bicyclic) bond motifs is 1. The average Bonchev–Trinajstić information content (AvgIpc) is 2.90. The lowest BCUT2D eigenvalue weighted by molar-refractivity contribution is -0.135. The molecule has 0 saturated heterocycles. The molecule has 0 aliphatic rings. The number of aldehydes is 1. The van der Waals surface area contributed by atoms with Gasteiger partial charge in [-0.2, -0.15) is 0 Å². The van der Waals surface area contributed by atoms with Gasteiger partial charge in [0.2, 0.25) is 0 Å². The van der Waals surface area contributed by atoms with Crippen LogP contribution in [0, 0.1) is 0 Å². The number of para-hydroxylation sites is 1. The minimum absolute atomic E-state index is 0.194. The highest BCUT2D eigenvalue weighted by atomic mass is 32.1. The van der Waals surface area contributed by atoms with Gasteiger partial charge < -0.3 is 9.47 Å². The molecule has 7 heteroatoms. The van der Waals surface area contributed by atoms with Crippen molar-refractivity contribution in [3.05, 3.63) is 57.7 Å². The van der Waals surface area contributed by atoms with Crippen molar-refractivity contribution >= 4 is 33.8 Å². The van der Waals surface area contributed by atoms with E-state index in [1.54, 1.807) is 12.1 Å². The van der Waals surface area contributed by atoms with Crippen LogP contribution in [0.3, 0.4) is 0 Å². The van der Waals surface area contributed by atoms with Gasteiger partial charge in [-0.05, 0) is 24.3 Å². The summed E-state index contributed by atoms with van der Waals surface area (Å²) in [6.07, 6.45) is 0.654. The predicted molar refractivity (Wildman–Crippen MR) is 90.1 cm³/mol. The second-order valence-electron chi connectivity index (χ2n) is 4.92. The van der Waals surface area contributed by atoms with Crippen LogP contribution in [-0.2, 0) is 11.3 Å². The zero-order valence-corrected chi connectivity index (χ0v) is 13.5. The van der Waals surface area contributed by atoms with E-state index < -0.39 is 5.97 Å². The second-order valence-corrected chi connectivity index (χ2v) is 5.91. The van der Waals surface area contributed by atoms with Crippen molar-refractivity contribution < 1.29 is 19.1 Å². The fourth-order valence-corrected chi connectivity index (χ4v) is 3.20. The molecule has 0 N–H and O–H groups in total. The largest absolute Gasteiger partial charge is 0.496 e. The van der Waals surface area contributed by atoms with Crippen molar-refractivity contribution in [1.82, 2.24) is 4.57 Å². The fourth-order valence-electron chi connectivity index (χ4n) is 2.31. The van der Waals surface area contributed by atoms with E-state index in [4.69, 9.17) is 9.47 Å². The Bertz CT molecular complexity index is 973. The molecule has 0 bridgehead atoms. The Morgan fingerprint density at radius 1 is 1.25 bits per heavy atom. The molecule has 1 heterocycles. The van der Waals surface area contributed by atoms with Gasteiger partial charge in [0.25, 0.3) is 0 Å². The highest BCUT2D eigenvalue weighted by molar-refractivity contribution is 7.16. The number of rotatable bonds is 5. The van der Waals surface area contributed by atoms with Crippen LogP contribution in [-0.4, -0.2) is 23.9 Å². The quantitative estimate of drug-likeness (QED) is 0.404. The molecule has 3 rings (SSSR count). The Morgan fingerprint density at radius 2 is 2.04 bits per heavy atom. The molecule has 0 unspecified atom stereocenters. The zero-order chi connectivity index (χ0) is 17.1. The summed E-state index contributed by atoms with van der Waals surface area (Å²) in [5, 5.41) is 0. The lowest BCUT2D eigenvalue weighted by atomic mass is 10.2. The number of hydrogen-bond donors (Lipinski definition) is 0. The van der Waals surface area contributed by atoms with Crippen LogP contribution in [0.4, 0.5) is 0 Å². The van der Waals surface area contributed by atoms with Gasteiger partial charge in [-0.3, -0.25) is 14.2 Å². The molecule has 2 aromatic carbocycles. The Labute approximate surface area is 140 Å². The van der Waals surface area contributed by atoms with Crippen LogP contribution in [0.5, 0.6) is 11.5 Å². The summed E-state index contributed by atoms with van der Waals surface area (Å²) in [6, 6.07) is 11.7. The summed E-state index contributed by atoms with van der Waals surface area (Å²) in [6.45, 7) is -0.194. The number of ether oxygens (including phenoxy) is 2. The van der Waals surface area contributed by atoms with Crippen LogP contribution in [0.25, 0.3) is 10.2 Å². The molecule has 0 aliphatic carbocycles. The molecule has 0 amide bonds. The van der Waals surface area contributed by atoms with Gasteiger partial charge >= 0.3 is 10.8 Å². The number of benzene rings is 2. The molecule has 0 spiro atoms. The molecule has 0 atom stereocenters. The normalized spacial score (nSPS) is 10.5. The second kappa shape index (κ2) is 6.67. The summed E-state index contributed by atoms with van der Waals surface area (Å²) in [5.74, 6) is -0.0231. The first-order valence-electron chi connectivity index (χ1n) is 7.04. The molecule has 3 aromatic rings. The third kappa shape index (κ3) is 3.07. The molecule has 0 aliphatic heterocycles. The molecule has 6 nitrogen and oxygen atoms in total. The Kier molecular flexibility index (Phi) is 4.43. The molecular weight excluding hydrogens is 330 g/mol. The van der Waals surface area contributed by atoms with E-state index >= 15 is 0 Å². The summed E-state index contributed by atoms with van der Waals surface area (Å²) < 4.78 is 12.5. The number of esters is 1. The minimum atomic E-state index is -0.582. The van der Waals surface area contributed by atoms with Gasteiger partial charge in [0.05, 0.1) is 22.9 Å². The Morgan fingerprint density at radius 3 is 2.79 bits per heavy atom. The van der Waals surface area contributed by atoms with Gasteiger partial charge in [0.15, 0.2) is 6.29 Å². The van der Waals surface area contributed by atoms with Crippen LogP contribution < -0.4 is 14.3 Å². The van der Waals surface area contributed by atoms with Crippen molar-refractivity contribution in [3.63, 3.8) is 0 Å². The first-order chi connectivity index (χ1) is 11.6. The number of carbonyl (C=O) groups is 2. The summed E-state index contributed by atoms with van der Waals surface area (Å²) in [4.78, 5) is 34.8. The molecule has 122 valence electrons. The number of hydrogen-bond acceptors (Lipinski definition) is 6. The van der Waals surface area contributed by atoms with Gasteiger partial charge in [0, 0.05) is 6.07 Å². The maximum absolute atomic E-state index is 12.1. The SMILES string of the molecule is COc1cc(OC(=O)Cn2c(=O)sc3ccccc32)ccc1C=O. The first kappa shape index (κ1) is 15.9. The number of aromatic nitrogens is 1. The summed E-state index contributed by atoms with van der Waals surface area (Å²) >= 11 is 1.08. The lowest BCUT2D eigenvalue weighted by Gasteiger charge is -2.08. The van der Waals surface area contributed by atoms with E-state index in [-0.39, 0.29) is 17.2 Å². The molecule has 1 aromatic heterocycles. The highest BCUT2D eigenvalue weighted by Crippen LogP contribution is 2.24. The number of methoxy groups -OCH3 is 1. The lowest BCUT2D eigenvalue weighted by Crippen LogP contribution is -2.22. The van der Waals surface area contributed by atoms with Crippen LogP contribution in [0.1, 0.15) is 10.4 Å². The maximum Gasteiger partial charge on any atom is 0.331 e. The zero-order valence-electron chi connectivity index (χ0n) is 12.7. The highest BCUT2D eigenvalue weighted by Gasteiger charge is 2.13. The molecule has 0 fully saturated rings. The topological polar surface area (TPSA) is 74.6 Å². The fraction of sp³-hybridized carbons (Fsp3) is 0.118. The van der Waals surface area contributed by atoms with Crippen LogP contribution >= 0.6 is 11.3 Å². The maximum atomic E-state index is 12.1. The smallest absolute Gasteiger partial charge is 0.331 e. The third-order valence-electron chi connectivity index (χ3n) is 3.42. The van der Waals surface area contributed by atoms with Gasteiger partial charge in [-0.15, -0.1) is 0 Å². The van der Waals surface area contributed by atoms with E-state index in [1.807, 2.05) is 12.1 Å². The average molecular weight is 343 g/mol. The third-order valence-corrected chi connectivity index (χ3v) is 4.38. The first-order valence-corrected chi connectivity index (χ1v) is 7.86. The van der Waals surface area contributed by atoms with E-state index in [2.05, 4.69) is 0 Å². The van der Waals surface area contributed by atoms with Gasteiger partial charge in [0.1, 0.15) is 18.0 Å². The van der Waals surface area contributed by atoms with Crippen molar-refractivity contribution in [2.75, 3.05) is 7.11 Å². The monoisotopic (exact) mass is 343 g/mol. The van der Waals surface area contributed by atoms with E-state index in [9.17, 15) is 14.4 Å². The molecular formula is C17H13NO5S. The number of carbonyl (C=O) groups excluding carboxylic acids is 2. The van der Waals surface area contributed by atoms with Crippen molar-refractivity contribution in [2.24, 2.45) is 0 Å². The van der Waals surface area contributed by atoms with Crippen molar-refractivity contribution in [3.8, 4) is 11.5 Å². The summed E-state index contributed by atoms with van der Waals surface area (Å²) in [7, 11) is 1.42. The Hall–Kier alpha value is -2.93. The molecule has 24 heavy (non-hydrogen) atoms. The Balaban J connectivity index is 1.82. The minimum Gasteiger partial charge on any atom is -0.496 e. The molecule has 0 saturated carbocycles. The van der Waals surface area contributed by atoms with Crippen LogP contribution in [0.15, 0.2) is 47.3 Å². The van der Waals surface area contributed by atoms with Crippen LogP contribution in [0.2, 0.25) is 0 Å². The van der Waals surface area contributed by atoms with E-state index in [1.165, 1.54) is 29.9 Å². The molecule has 0 radical (unpaired) electrons. The van der Waals surface area contributed by atoms with E-state index in [0.29, 0.717) is 23.1 Å². The predicted octanol–water partition coefficient (Wildman–Crippen LogP) is 2.49. The standard InChI is InChI=1S/C17H13NO5S/c1-22-14-8-12(7-6-11(14)10-19)23-16(20)9-18-13-4-2-3-5-15(13)24-17(18)21/h2-8,10H,9H2,1H3. The van der Waals surface area contributed by atoms with Crippen molar-refractivity contribution in [1.29, 1.82) is 0 Å². The number of nitrogens with zero attached hydrogens (tertiary/aromatic N) is 1. The summed E-state index contributed by atoms with van der Waals surface area (Å²) in [5.41, 5.74) is 1.05. The van der Waals surface area contributed by atoms with Gasteiger partial charge in [-0.25, -0.2) is 4.79 Å². The van der Waals surface area contributed by atoms with E-state index in [0.717, 1.165) is 16.0 Å². The number of thiazole rings is 1. The van der Waals surface area contributed by atoms with Gasteiger partial charge in [-0.1, -0.05) is 23.5 Å². The van der Waals surface area contributed by atoms with Crippen molar-refractivity contribution in [2.45, 2.75) is 6.54 Å².